The summed E-state index contributed by atoms with van der Waals surface area (Å²) in [6, 6.07) is 11.0. The van der Waals surface area contributed by atoms with Crippen LogP contribution in [0.2, 0.25) is 0 Å². The predicted octanol–water partition coefficient (Wildman–Crippen LogP) is 1.69. The number of aliphatic hydroxyl groups is 1. The Morgan fingerprint density at radius 2 is 2.00 bits per heavy atom. The number of amides is 2. The van der Waals surface area contributed by atoms with Crippen molar-refractivity contribution in [1.29, 1.82) is 0 Å². The van der Waals surface area contributed by atoms with E-state index in [9.17, 15) is 19.1 Å². The van der Waals surface area contributed by atoms with Gasteiger partial charge in [-0.1, -0.05) is 18.2 Å². The van der Waals surface area contributed by atoms with Crippen LogP contribution in [0.15, 0.2) is 60.0 Å². The third-order valence-electron chi connectivity index (χ3n) is 3.84. The van der Waals surface area contributed by atoms with Crippen LogP contribution in [0.5, 0.6) is 0 Å². The average Bonchev–Trinajstić information content (AvgIpc) is 2.90. The van der Waals surface area contributed by atoms with E-state index in [0.29, 0.717) is 11.3 Å². The highest BCUT2D eigenvalue weighted by Crippen LogP contribution is 2.19. The SMILES string of the molecule is O=C(NCc1ccc(F)cc1)C1=C(O)C(=O)N(Cc2ccccn2)C1. The fourth-order valence-corrected chi connectivity index (χ4v) is 2.50. The molecule has 0 spiro atoms. The van der Waals surface area contributed by atoms with Crippen LogP contribution < -0.4 is 5.32 Å². The number of pyridine rings is 1. The van der Waals surface area contributed by atoms with E-state index in [-0.39, 0.29) is 31.0 Å². The van der Waals surface area contributed by atoms with Crippen molar-refractivity contribution in [1.82, 2.24) is 15.2 Å². The van der Waals surface area contributed by atoms with Gasteiger partial charge in [0.05, 0.1) is 24.4 Å². The molecule has 2 heterocycles. The van der Waals surface area contributed by atoms with Crippen molar-refractivity contribution < 1.29 is 19.1 Å². The number of halogens is 1. The lowest BCUT2D eigenvalue weighted by molar-refractivity contribution is -0.128. The van der Waals surface area contributed by atoms with Crippen LogP contribution in [0.3, 0.4) is 0 Å². The van der Waals surface area contributed by atoms with E-state index >= 15 is 0 Å². The molecule has 0 aliphatic carbocycles. The second-order valence-electron chi connectivity index (χ2n) is 5.62. The highest BCUT2D eigenvalue weighted by molar-refractivity contribution is 6.06. The first-order chi connectivity index (χ1) is 12.0. The normalized spacial score (nSPS) is 14.1. The van der Waals surface area contributed by atoms with Gasteiger partial charge in [-0.2, -0.15) is 0 Å². The lowest BCUT2D eigenvalue weighted by atomic mass is 10.2. The Labute approximate surface area is 143 Å². The minimum Gasteiger partial charge on any atom is -0.503 e. The van der Waals surface area contributed by atoms with Crippen LogP contribution in [0.1, 0.15) is 11.3 Å². The third kappa shape index (κ3) is 3.82. The topological polar surface area (TPSA) is 82.5 Å². The molecular weight excluding hydrogens is 325 g/mol. The first kappa shape index (κ1) is 16.6. The summed E-state index contributed by atoms with van der Waals surface area (Å²) in [6.45, 7) is 0.388. The molecule has 2 amide bonds. The smallest absolute Gasteiger partial charge is 0.289 e. The maximum Gasteiger partial charge on any atom is 0.289 e. The lowest BCUT2D eigenvalue weighted by Gasteiger charge is -2.15. The molecule has 0 saturated heterocycles. The Morgan fingerprint density at radius 3 is 2.68 bits per heavy atom. The first-order valence-electron chi connectivity index (χ1n) is 7.68. The molecule has 0 unspecified atom stereocenters. The summed E-state index contributed by atoms with van der Waals surface area (Å²) >= 11 is 0. The summed E-state index contributed by atoms with van der Waals surface area (Å²) in [5, 5.41) is 12.6. The number of aromatic nitrogens is 1. The molecule has 7 heteroatoms. The molecular formula is C18H16FN3O3. The van der Waals surface area contributed by atoms with Crippen LogP contribution >= 0.6 is 0 Å². The van der Waals surface area contributed by atoms with Gasteiger partial charge in [-0.05, 0) is 29.8 Å². The molecule has 128 valence electrons. The van der Waals surface area contributed by atoms with Gasteiger partial charge in [0.1, 0.15) is 5.82 Å². The summed E-state index contributed by atoms with van der Waals surface area (Å²) in [5.41, 5.74) is 1.39. The molecule has 1 aromatic heterocycles. The summed E-state index contributed by atoms with van der Waals surface area (Å²) in [7, 11) is 0. The van der Waals surface area contributed by atoms with Gasteiger partial charge in [0, 0.05) is 12.7 Å². The van der Waals surface area contributed by atoms with Gasteiger partial charge < -0.3 is 15.3 Å². The molecule has 0 fully saturated rings. The number of nitrogens with zero attached hydrogens (tertiary/aromatic N) is 2. The number of nitrogens with one attached hydrogen (secondary N) is 1. The average molecular weight is 341 g/mol. The second-order valence-corrected chi connectivity index (χ2v) is 5.62. The fraction of sp³-hybridized carbons (Fsp3) is 0.167. The van der Waals surface area contributed by atoms with Crippen LogP contribution in [-0.4, -0.2) is 33.3 Å². The highest BCUT2D eigenvalue weighted by Gasteiger charge is 2.33. The summed E-state index contributed by atoms with van der Waals surface area (Å²) < 4.78 is 12.9. The Kier molecular flexibility index (Phi) is 4.74. The fourth-order valence-electron chi connectivity index (χ4n) is 2.50. The Bertz CT molecular complexity index is 819. The number of hydrogen-bond donors (Lipinski definition) is 2. The molecule has 1 aliphatic heterocycles. The summed E-state index contributed by atoms with van der Waals surface area (Å²) in [4.78, 5) is 29.8. The van der Waals surface area contributed by atoms with E-state index in [2.05, 4.69) is 10.3 Å². The number of benzene rings is 1. The van der Waals surface area contributed by atoms with Crippen molar-refractivity contribution >= 4 is 11.8 Å². The van der Waals surface area contributed by atoms with Gasteiger partial charge in [0.25, 0.3) is 11.8 Å². The predicted molar refractivity (Wildman–Crippen MR) is 87.6 cm³/mol. The molecule has 0 saturated carbocycles. The molecule has 25 heavy (non-hydrogen) atoms. The Balaban J connectivity index is 1.62. The van der Waals surface area contributed by atoms with Crippen LogP contribution in [0.25, 0.3) is 0 Å². The number of aliphatic hydroxyl groups excluding tert-OH is 1. The van der Waals surface area contributed by atoms with Crippen molar-refractivity contribution in [2.75, 3.05) is 6.54 Å². The van der Waals surface area contributed by atoms with E-state index < -0.39 is 17.6 Å². The molecule has 0 radical (unpaired) electrons. The summed E-state index contributed by atoms with van der Waals surface area (Å²) in [6.07, 6.45) is 1.61. The molecule has 0 bridgehead atoms. The maximum atomic E-state index is 12.9. The van der Waals surface area contributed by atoms with Gasteiger partial charge in [-0.25, -0.2) is 4.39 Å². The largest absolute Gasteiger partial charge is 0.503 e. The van der Waals surface area contributed by atoms with Crippen molar-refractivity contribution in [3.63, 3.8) is 0 Å². The van der Waals surface area contributed by atoms with Crippen molar-refractivity contribution in [2.24, 2.45) is 0 Å². The quantitative estimate of drug-likeness (QED) is 0.867. The van der Waals surface area contributed by atoms with Gasteiger partial charge in [-0.3, -0.25) is 14.6 Å². The number of rotatable bonds is 5. The van der Waals surface area contributed by atoms with E-state index in [0.717, 1.165) is 0 Å². The number of carbonyl (C=O) groups is 2. The van der Waals surface area contributed by atoms with E-state index in [1.54, 1.807) is 36.5 Å². The van der Waals surface area contributed by atoms with E-state index in [4.69, 9.17) is 0 Å². The van der Waals surface area contributed by atoms with Crippen molar-refractivity contribution in [3.8, 4) is 0 Å². The number of hydrogen-bond acceptors (Lipinski definition) is 4. The molecule has 3 rings (SSSR count). The molecule has 1 aromatic carbocycles. The van der Waals surface area contributed by atoms with Gasteiger partial charge in [0.15, 0.2) is 5.76 Å². The maximum absolute atomic E-state index is 12.9. The standard InChI is InChI=1S/C18H16FN3O3/c19-13-6-4-12(5-7-13)9-21-17(24)15-11-22(18(25)16(15)23)10-14-3-1-2-8-20-14/h1-8,23H,9-11H2,(H,21,24). The Morgan fingerprint density at radius 1 is 1.24 bits per heavy atom. The zero-order chi connectivity index (χ0) is 17.8. The summed E-state index contributed by atoms with van der Waals surface area (Å²) in [5.74, 6) is -2.04. The first-order valence-corrected chi connectivity index (χ1v) is 7.68. The van der Waals surface area contributed by atoms with Gasteiger partial charge in [-0.15, -0.1) is 0 Å². The molecule has 0 atom stereocenters. The van der Waals surface area contributed by atoms with Crippen molar-refractivity contribution in [3.05, 3.63) is 77.1 Å². The van der Waals surface area contributed by atoms with Gasteiger partial charge >= 0.3 is 0 Å². The highest BCUT2D eigenvalue weighted by atomic mass is 19.1. The van der Waals surface area contributed by atoms with Crippen LogP contribution in [0, 0.1) is 5.82 Å². The second kappa shape index (κ2) is 7.12. The lowest BCUT2D eigenvalue weighted by Crippen LogP contribution is -2.30. The van der Waals surface area contributed by atoms with Crippen LogP contribution in [-0.2, 0) is 22.7 Å². The minimum absolute atomic E-state index is 0.0104. The third-order valence-corrected chi connectivity index (χ3v) is 3.84. The zero-order valence-corrected chi connectivity index (χ0v) is 13.3. The molecule has 1 aliphatic rings. The van der Waals surface area contributed by atoms with Crippen molar-refractivity contribution in [2.45, 2.75) is 13.1 Å². The van der Waals surface area contributed by atoms with Gasteiger partial charge in [0.2, 0.25) is 0 Å². The van der Waals surface area contributed by atoms with E-state index in [1.165, 1.54) is 17.0 Å². The Hall–Kier alpha value is -3.22. The molecule has 2 N–H and O–H groups in total. The number of carbonyl (C=O) groups excluding carboxylic acids is 2. The zero-order valence-electron chi connectivity index (χ0n) is 13.3. The molecule has 2 aromatic rings. The minimum atomic E-state index is -0.599. The molecule has 6 nitrogen and oxygen atoms in total. The monoisotopic (exact) mass is 341 g/mol. The van der Waals surface area contributed by atoms with Crippen LogP contribution in [0.4, 0.5) is 4.39 Å². The van der Waals surface area contributed by atoms with E-state index in [1.807, 2.05) is 0 Å².